The molecule has 0 bridgehead atoms. The summed E-state index contributed by atoms with van der Waals surface area (Å²) in [7, 11) is 2.49. The maximum atomic E-state index is 13.2. The molecule has 2 aromatic carbocycles. The average molecular weight is 466 g/mol. The fourth-order valence-corrected chi connectivity index (χ4v) is 4.72. The van der Waals surface area contributed by atoms with Gasteiger partial charge in [0.2, 0.25) is 0 Å². The number of rotatable bonds is 4. The van der Waals surface area contributed by atoms with Gasteiger partial charge >= 0.3 is 11.9 Å². The summed E-state index contributed by atoms with van der Waals surface area (Å²) in [6.45, 7) is 1.98. The Bertz CT molecular complexity index is 1200. The molecule has 0 amide bonds. The highest BCUT2D eigenvalue weighted by Gasteiger charge is 2.45. The lowest BCUT2D eigenvalue weighted by atomic mass is 9.78. The van der Waals surface area contributed by atoms with Crippen molar-refractivity contribution in [1.82, 2.24) is 0 Å². The summed E-state index contributed by atoms with van der Waals surface area (Å²) in [5.41, 5.74) is 3.55. The largest absolute Gasteiger partial charge is 0.466 e. The number of carbonyl (C=O) groups is 3. The van der Waals surface area contributed by atoms with Crippen molar-refractivity contribution >= 4 is 35.0 Å². The highest BCUT2D eigenvalue weighted by molar-refractivity contribution is 6.30. The van der Waals surface area contributed by atoms with Gasteiger partial charge in [-0.05, 0) is 55.2 Å². The quantitative estimate of drug-likeness (QED) is 0.600. The highest BCUT2D eigenvalue weighted by Crippen LogP contribution is 2.48. The van der Waals surface area contributed by atoms with E-state index in [9.17, 15) is 14.4 Å². The van der Waals surface area contributed by atoms with Crippen LogP contribution in [0.25, 0.3) is 0 Å². The Hall–Kier alpha value is -3.38. The number of hydrogen-bond acceptors (Lipinski definition) is 6. The van der Waals surface area contributed by atoms with Crippen LogP contribution >= 0.6 is 11.6 Å². The van der Waals surface area contributed by atoms with Crippen molar-refractivity contribution in [2.24, 2.45) is 0 Å². The number of ether oxygens (including phenoxy) is 2. The van der Waals surface area contributed by atoms with Gasteiger partial charge in [-0.2, -0.15) is 0 Å². The Labute approximate surface area is 197 Å². The molecule has 0 N–H and O–H groups in total. The lowest BCUT2D eigenvalue weighted by Gasteiger charge is -2.43. The summed E-state index contributed by atoms with van der Waals surface area (Å²) in [4.78, 5) is 41.3. The zero-order valence-electron chi connectivity index (χ0n) is 18.7. The molecule has 0 saturated carbocycles. The molecule has 7 heteroatoms. The number of nitrogens with zero attached hydrogens (tertiary/aromatic N) is 1. The lowest BCUT2D eigenvalue weighted by Crippen LogP contribution is -2.41. The Balaban J connectivity index is 2.11. The number of methoxy groups -OCH3 is 2. The van der Waals surface area contributed by atoms with Crippen LogP contribution in [0, 0.1) is 6.92 Å². The normalized spacial score (nSPS) is 18.2. The van der Waals surface area contributed by atoms with E-state index >= 15 is 0 Å². The molecule has 0 aromatic heterocycles. The molecule has 1 aliphatic heterocycles. The first-order valence-electron chi connectivity index (χ1n) is 10.7. The van der Waals surface area contributed by atoms with E-state index in [0.717, 1.165) is 16.8 Å². The second-order valence-corrected chi connectivity index (χ2v) is 8.47. The standard InChI is InChI=1S/C26H24ClNO5/c1-15-6-4-7-18(14-15)28-19-8-5-9-20(29)21(19)22(25(30)32-2)23(26(31)33-3)24(28)16-10-12-17(27)13-11-16/h4,6-7,10-14,24H,5,8-9H2,1-3H3. The third kappa shape index (κ3) is 4.07. The number of hydrogen-bond donors (Lipinski definition) is 0. The Morgan fingerprint density at radius 2 is 1.70 bits per heavy atom. The molecule has 2 aliphatic rings. The second kappa shape index (κ2) is 9.24. The zero-order valence-corrected chi connectivity index (χ0v) is 19.4. The number of aryl methyl sites for hydroxylation is 1. The number of halogens is 1. The fourth-order valence-electron chi connectivity index (χ4n) is 4.59. The summed E-state index contributed by atoms with van der Waals surface area (Å²) in [5, 5.41) is 0.543. The van der Waals surface area contributed by atoms with Crippen LogP contribution in [0.5, 0.6) is 0 Å². The van der Waals surface area contributed by atoms with E-state index in [1.54, 1.807) is 12.1 Å². The third-order valence-corrected chi connectivity index (χ3v) is 6.24. The molecular formula is C26H24ClNO5. The van der Waals surface area contributed by atoms with Crippen LogP contribution in [-0.2, 0) is 23.9 Å². The summed E-state index contributed by atoms with van der Waals surface area (Å²) in [6, 6.07) is 14.2. The molecule has 1 aliphatic carbocycles. The van der Waals surface area contributed by atoms with Gasteiger partial charge in [-0.1, -0.05) is 35.9 Å². The number of anilines is 1. The molecule has 0 spiro atoms. The Kier molecular flexibility index (Phi) is 6.38. The topological polar surface area (TPSA) is 72.9 Å². The van der Waals surface area contributed by atoms with E-state index in [1.807, 2.05) is 48.2 Å². The number of carbonyl (C=O) groups excluding carboxylic acids is 3. The minimum Gasteiger partial charge on any atom is -0.466 e. The maximum absolute atomic E-state index is 13.2. The van der Waals surface area contributed by atoms with Gasteiger partial charge in [-0.15, -0.1) is 0 Å². The molecule has 1 heterocycles. The van der Waals surface area contributed by atoms with E-state index in [4.69, 9.17) is 21.1 Å². The van der Waals surface area contributed by atoms with Crippen molar-refractivity contribution in [2.45, 2.75) is 32.2 Å². The molecular weight excluding hydrogens is 442 g/mol. The number of esters is 2. The zero-order chi connectivity index (χ0) is 23.7. The number of allylic oxidation sites excluding steroid dienone is 1. The SMILES string of the molecule is COC(=O)C1=C(C(=O)OC)C(c2ccc(Cl)cc2)N(c2cccc(C)c2)C2=C1C(=O)CCC2. The average Bonchev–Trinajstić information content (AvgIpc) is 2.82. The van der Waals surface area contributed by atoms with E-state index in [-0.39, 0.29) is 22.5 Å². The number of Topliss-reactive ketones (excluding diaryl/α,β-unsaturated/α-hetero) is 1. The molecule has 2 aromatic rings. The fraction of sp³-hybridized carbons (Fsp3) is 0.269. The van der Waals surface area contributed by atoms with Gasteiger partial charge < -0.3 is 14.4 Å². The van der Waals surface area contributed by atoms with Crippen LogP contribution < -0.4 is 4.90 Å². The van der Waals surface area contributed by atoms with E-state index in [1.165, 1.54) is 14.2 Å². The highest BCUT2D eigenvalue weighted by atomic mass is 35.5. The first-order chi connectivity index (χ1) is 15.9. The molecule has 1 atom stereocenters. The molecule has 0 fully saturated rings. The maximum Gasteiger partial charge on any atom is 0.339 e. The van der Waals surface area contributed by atoms with Gasteiger partial charge in [0.1, 0.15) is 0 Å². The van der Waals surface area contributed by atoms with Crippen molar-refractivity contribution < 1.29 is 23.9 Å². The lowest BCUT2D eigenvalue weighted by molar-refractivity contribution is -0.139. The van der Waals surface area contributed by atoms with E-state index < -0.39 is 18.0 Å². The van der Waals surface area contributed by atoms with Crippen molar-refractivity contribution in [3.05, 3.63) is 87.1 Å². The predicted molar refractivity (Wildman–Crippen MR) is 125 cm³/mol. The minimum absolute atomic E-state index is 0.0205. The van der Waals surface area contributed by atoms with E-state index in [2.05, 4.69) is 0 Å². The van der Waals surface area contributed by atoms with Gasteiger partial charge in [-0.3, -0.25) is 4.79 Å². The summed E-state index contributed by atoms with van der Waals surface area (Å²) < 4.78 is 10.2. The smallest absolute Gasteiger partial charge is 0.339 e. The Morgan fingerprint density at radius 3 is 2.33 bits per heavy atom. The van der Waals surface area contributed by atoms with Gasteiger partial charge in [0.25, 0.3) is 0 Å². The number of benzene rings is 2. The molecule has 170 valence electrons. The van der Waals surface area contributed by atoms with Crippen LogP contribution in [0.1, 0.15) is 36.4 Å². The minimum atomic E-state index is -0.735. The van der Waals surface area contributed by atoms with Crippen LogP contribution in [0.4, 0.5) is 5.69 Å². The number of ketones is 1. The molecule has 0 radical (unpaired) electrons. The van der Waals surface area contributed by atoms with Crippen LogP contribution in [0.2, 0.25) is 5.02 Å². The van der Waals surface area contributed by atoms with E-state index in [0.29, 0.717) is 30.0 Å². The molecule has 1 unspecified atom stereocenters. The molecule has 0 saturated heterocycles. The summed E-state index contributed by atoms with van der Waals surface area (Å²) in [5.74, 6) is -1.62. The van der Waals surface area contributed by atoms with Crippen molar-refractivity contribution in [3.8, 4) is 0 Å². The third-order valence-electron chi connectivity index (χ3n) is 5.99. The van der Waals surface area contributed by atoms with Gasteiger partial charge in [0, 0.05) is 22.8 Å². The van der Waals surface area contributed by atoms with Gasteiger partial charge in [-0.25, -0.2) is 9.59 Å². The predicted octanol–water partition coefficient (Wildman–Crippen LogP) is 4.86. The summed E-state index contributed by atoms with van der Waals surface area (Å²) in [6.07, 6.45) is 1.52. The Morgan fingerprint density at radius 1 is 1.00 bits per heavy atom. The summed E-state index contributed by atoms with van der Waals surface area (Å²) >= 11 is 6.14. The first kappa shape index (κ1) is 22.8. The van der Waals surface area contributed by atoms with Crippen LogP contribution in [0.3, 0.4) is 0 Å². The first-order valence-corrected chi connectivity index (χ1v) is 11.0. The molecule has 33 heavy (non-hydrogen) atoms. The van der Waals surface area contributed by atoms with Crippen LogP contribution in [-0.4, -0.2) is 31.9 Å². The van der Waals surface area contributed by atoms with Gasteiger partial charge in [0.05, 0.1) is 37.0 Å². The monoisotopic (exact) mass is 465 g/mol. The van der Waals surface area contributed by atoms with Crippen molar-refractivity contribution in [3.63, 3.8) is 0 Å². The van der Waals surface area contributed by atoms with Crippen molar-refractivity contribution in [1.29, 1.82) is 0 Å². The molecule has 4 rings (SSSR count). The van der Waals surface area contributed by atoms with Crippen molar-refractivity contribution in [2.75, 3.05) is 19.1 Å². The van der Waals surface area contributed by atoms with Crippen LogP contribution in [0.15, 0.2) is 70.9 Å². The molecule has 6 nitrogen and oxygen atoms in total. The second-order valence-electron chi connectivity index (χ2n) is 8.03. The van der Waals surface area contributed by atoms with Gasteiger partial charge in [0.15, 0.2) is 5.78 Å².